The number of hydrogen-bond donors (Lipinski definition) is 0. The first-order valence-electron chi connectivity index (χ1n) is 4.10. The van der Waals surface area contributed by atoms with Crippen LogP contribution in [0, 0.1) is 6.92 Å². The molecule has 0 spiro atoms. The third-order valence-electron chi connectivity index (χ3n) is 1.47. The van der Waals surface area contributed by atoms with Crippen molar-refractivity contribution in [1.29, 1.82) is 0 Å². The van der Waals surface area contributed by atoms with E-state index in [2.05, 4.69) is 11.9 Å². The van der Waals surface area contributed by atoms with Crippen molar-refractivity contribution in [3.63, 3.8) is 0 Å². The first kappa shape index (κ1) is 12.7. The van der Waals surface area contributed by atoms with Crippen LogP contribution in [-0.4, -0.2) is 9.38 Å². The molecular weight excluding hydrogens is 237 g/mol. The maximum Gasteiger partial charge on any atom is 0.0879 e. The van der Waals surface area contributed by atoms with E-state index < -0.39 is 0 Å². The zero-order chi connectivity index (χ0) is 8.97. The molecule has 0 amide bonds. The number of rotatable bonds is 0. The Labute approximate surface area is 104 Å². The quantitative estimate of drug-likeness (QED) is 0.657. The van der Waals surface area contributed by atoms with Gasteiger partial charge in [-0.3, -0.25) is 0 Å². The molecule has 13 heavy (non-hydrogen) atoms. The summed E-state index contributed by atoms with van der Waals surface area (Å²) in [6, 6.07) is 3.96. The van der Waals surface area contributed by atoms with Gasteiger partial charge in [0.15, 0.2) is 0 Å². The molecule has 67 valence electrons. The molecule has 2 aromatic rings. The summed E-state index contributed by atoms with van der Waals surface area (Å²) < 4.78 is 1.95. The molecule has 0 aliphatic heterocycles. The van der Waals surface area contributed by atoms with Gasteiger partial charge in [0.25, 0.3) is 0 Å². The van der Waals surface area contributed by atoms with E-state index in [4.69, 9.17) is 0 Å². The van der Waals surface area contributed by atoms with Crippen LogP contribution in [0.1, 0.15) is 19.4 Å². The van der Waals surface area contributed by atoms with Crippen LogP contribution in [0.5, 0.6) is 0 Å². The Bertz CT molecular complexity index is 354. The van der Waals surface area contributed by atoms with Crippen LogP contribution in [0.3, 0.4) is 0 Å². The Morgan fingerprint density at radius 2 is 2.00 bits per heavy atom. The van der Waals surface area contributed by atoms with Crippen molar-refractivity contribution in [1.82, 2.24) is 9.38 Å². The second-order valence-electron chi connectivity index (χ2n) is 2.26. The van der Waals surface area contributed by atoms with Gasteiger partial charge in [-0.05, 0) is 0 Å². The molecule has 3 heteroatoms. The SMILES string of the molecule is CC.[CH2-]c1ccc2cncn2c1.[Y]. The first-order chi connectivity index (χ1) is 5.86. The van der Waals surface area contributed by atoms with Crippen LogP contribution in [0.15, 0.2) is 30.9 Å². The number of nitrogens with zero attached hydrogens (tertiary/aromatic N) is 2. The standard InChI is InChI=1S/C8H7N2.C2H6.Y/c1-7-2-3-8-4-9-6-10(8)5-7;1-2;/h2-6H,1H2;1-2H3;/q-1;;. The van der Waals surface area contributed by atoms with Crippen molar-refractivity contribution >= 4 is 5.52 Å². The average molecular weight is 250 g/mol. The average Bonchev–Trinajstić information content (AvgIpc) is 2.54. The van der Waals surface area contributed by atoms with Crippen molar-refractivity contribution in [2.75, 3.05) is 0 Å². The molecule has 0 atom stereocenters. The normalized spacial score (nSPS) is 8.46. The Morgan fingerprint density at radius 3 is 2.69 bits per heavy atom. The summed E-state index contributed by atoms with van der Waals surface area (Å²) in [6.07, 6.45) is 5.53. The van der Waals surface area contributed by atoms with E-state index >= 15 is 0 Å². The van der Waals surface area contributed by atoms with Gasteiger partial charge in [0.1, 0.15) is 0 Å². The molecule has 2 aromatic heterocycles. The number of imidazole rings is 1. The molecule has 2 heterocycles. The fourth-order valence-corrected chi connectivity index (χ4v) is 0.966. The van der Waals surface area contributed by atoms with Crippen LogP contribution in [-0.2, 0) is 32.7 Å². The predicted molar refractivity (Wildman–Crippen MR) is 51.0 cm³/mol. The third-order valence-corrected chi connectivity index (χ3v) is 1.47. The maximum absolute atomic E-state index is 3.98. The molecule has 0 saturated carbocycles. The largest absolute Gasteiger partial charge is 0.362 e. The summed E-state index contributed by atoms with van der Waals surface area (Å²) in [4.78, 5) is 3.98. The summed E-state index contributed by atoms with van der Waals surface area (Å²) >= 11 is 0. The van der Waals surface area contributed by atoms with Gasteiger partial charge in [0.05, 0.1) is 12.5 Å². The molecule has 0 aromatic carbocycles. The summed E-state index contributed by atoms with van der Waals surface area (Å²) in [5, 5.41) is 0. The minimum Gasteiger partial charge on any atom is -0.362 e. The van der Waals surface area contributed by atoms with Gasteiger partial charge >= 0.3 is 0 Å². The molecule has 2 nitrogen and oxygen atoms in total. The smallest absolute Gasteiger partial charge is 0.0879 e. The summed E-state index contributed by atoms with van der Waals surface area (Å²) in [7, 11) is 0. The molecule has 1 radical (unpaired) electrons. The Hall–Kier alpha value is -0.336. The summed E-state index contributed by atoms with van der Waals surface area (Å²) in [6.45, 7) is 7.80. The minimum absolute atomic E-state index is 0. The van der Waals surface area contributed by atoms with Crippen molar-refractivity contribution in [3.05, 3.63) is 43.3 Å². The van der Waals surface area contributed by atoms with E-state index in [0.29, 0.717) is 0 Å². The van der Waals surface area contributed by atoms with E-state index in [1.807, 2.05) is 42.8 Å². The molecule has 2 rings (SSSR count). The third kappa shape index (κ3) is 3.13. The molecule has 0 bridgehead atoms. The Balaban J connectivity index is 0.000000451. The van der Waals surface area contributed by atoms with Gasteiger partial charge in [0.2, 0.25) is 0 Å². The monoisotopic (exact) mass is 250 g/mol. The number of pyridine rings is 1. The van der Waals surface area contributed by atoms with Crippen LogP contribution in [0.4, 0.5) is 0 Å². The van der Waals surface area contributed by atoms with Crippen LogP contribution in [0.2, 0.25) is 0 Å². The van der Waals surface area contributed by atoms with Gasteiger partial charge < -0.3 is 4.40 Å². The molecule has 0 saturated heterocycles. The van der Waals surface area contributed by atoms with E-state index in [-0.39, 0.29) is 32.7 Å². The molecule has 0 aliphatic rings. The second kappa shape index (κ2) is 6.17. The van der Waals surface area contributed by atoms with E-state index in [1.165, 1.54) is 0 Å². The van der Waals surface area contributed by atoms with Crippen molar-refractivity contribution in [3.8, 4) is 0 Å². The fourth-order valence-electron chi connectivity index (χ4n) is 0.966. The predicted octanol–water partition coefficient (Wildman–Crippen LogP) is 2.54. The zero-order valence-electron chi connectivity index (χ0n) is 8.07. The van der Waals surface area contributed by atoms with Gasteiger partial charge in [-0.25, -0.2) is 4.98 Å². The van der Waals surface area contributed by atoms with Crippen LogP contribution >= 0.6 is 0 Å². The number of hydrogen-bond acceptors (Lipinski definition) is 1. The maximum atomic E-state index is 3.98. The van der Waals surface area contributed by atoms with Gasteiger partial charge in [-0.1, -0.05) is 26.1 Å². The summed E-state index contributed by atoms with van der Waals surface area (Å²) in [5.74, 6) is 0. The van der Waals surface area contributed by atoms with Gasteiger partial charge in [-0.2, -0.15) is 18.6 Å². The van der Waals surface area contributed by atoms with Crippen molar-refractivity contribution < 1.29 is 32.7 Å². The molecule has 0 unspecified atom stereocenters. The van der Waals surface area contributed by atoms with E-state index in [1.54, 1.807) is 6.33 Å². The van der Waals surface area contributed by atoms with Crippen LogP contribution in [0.25, 0.3) is 5.52 Å². The fraction of sp³-hybridized carbons (Fsp3) is 0.200. The molecule has 0 aliphatic carbocycles. The zero-order valence-corrected chi connectivity index (χ0v) is 10.9. The van der Waals surface area contributed by atoms with E-state index in [9.17, 15) is 0 Å². The Morgan fingerprint density at radius 1 is 1.31 bits per heavy atom. The molecule has 0 N–H and O–H groups in total. The van der Waals surface area contributed by atoms with Crippen molar-refractivity contribution in [2.24, 2.45) is 0 Å². The minimum atomic E-state index is 0. The van der Waals surface area contributed by atoms with Gasteiger partial charge in [0, 0.05) is 38.2 Å². The molecule has 0 fully saturated rings. The Kier molecular flexibility index (Phi) is 6.01. The first-order valence-corrected chi connectivity index (χ1v) is 4.10. The van der Waals surface area contributed by atoms with E-state index in [0.717, 1.165) is 11.1 Å². The number of fused-ring (bicyclic) bond motifs is 1. The van der Waals surface area contributed by atoms with Gasteiger partial charge in [-0.15, -0.1) is 0 Å². The summed E-state index contributed by atoms with van der Waals surface area (Å²) in [5.41, 5.74) is 2.11. The second-order valence-corrected chi connectivity index (χ2v) is 2.26. The van der Waals surface area contributed by atoms with Crippen molar-refractivity contribution in [2.45, 2.75) is 13.8 Å². The van der Waals surface area contributed by atoms with Crippen LogP contribution < -0.4 is 0 Å². The number of aromatic nitrogens is 2. The topological polar surface area (TPSA) is 17.3 Å². The molecular formula is C10H13N2Y-.